The summed E-state index contributed by atoms with van der Waals surface area (Å²) in [6.07, 6.45) is 1.18. The summed E-state index contributed by atoms with van der Waals surface area (Å²) in [5, 5.41) is 0. The van der Waals surface area contributed by atoms with E-state index in [4.69, 9.17) is 11.6 Å². The van der Waals surface area contributed by atoms with Crippen molar-refractivity contribution in [3.63, 3.8) is 0 Å². The van der Waals surface area contributed by atoms with E-state index in [1.807, 2.05) is 0 Å². The second kappa shape index (κ2) is 8.52. The van der Waals surface area contributed by atoms with Gasteiger partial charge in [0.1, 0.15) is 0 Å². The van der Waals surface area contributed by atoms with Gasteiger partial charge in [-0.3, -0.25) is 0 Å². The Bertz CT molecular complexity index is 80.8. The number of nitrogens with one attached hydrogen (secondary N) is 1. The highest BCUT2D eigenvalue weighted by molar-refractivity contribution is 6.32. The molecule has 0 fully saturated rings. The summed E-state index contributed by atoms with van der Waals surface area (Å²) in [6.45, 7) is 2.29. The third-order valence-electron chi connectivity index (χ3n) is 1.47. The molecule has 0 aromatic heterocycles. The van der Waals surface area contributed by atoms with Crippen LogP contribution in [0.25, 0.3) is 0 Å². The molecule has 1 N–H and O–H groups in total. The number of likely N-dealkylation sites (N-methyl/N-ethyl adjacent to an activating group) is 1. The van der Waals surface area contributed by atoms with Gasteiger partial charge in [0, 0.05) is 19.0 Å². The van der Waals surface area contributed by atoms with Crippen molar-refractivity contribution in [2.75, 3.05) is 33.1 Å². The molecule has 0 saturated carbocycles. The van der Waals surface area contributed by atoms with Crippen molar-refractivity contribution < 1.29 is 0 Å². The smallest absolute Gasteiger partial charge is 0.0917 e. The molecule has 0 atom stereocenters. The molecule has 0 saturated heterocycles. The largest absolute Gasteiger partial charge is 0.341 e. The first-order valence-corrected chi connectivity index (χ1v) is 6.43. The summed E-state index contributed by atoms with van der Waals surface area (Å²) in [6, 6.07) is 1.33. The number of halogens is 1. The third kappa shape index (κ3) is 10.4. The lowest BCUT2D eigenvalue weighted by atomic mass is 10.6. The standard InChI is InChI=1S/C7H19ClN2Si/c1-10(2)6-5-9-11-7-3-4-8/h9H,3-7,11H2,1-2H3. The molecule has 0 rings (SSSR count). The van der Waals surface area contributed by atoms with Gasteiger partial charge in [-0.05, 0) is 26.6 Å². The van der Waals surface area contributed by atoms with Crippen LogP contribution in [-0.4, -0.2) is 47.6 Å². The summed E-state index contributed by atoms with van der Waals surface area (Å²) >= 11 is 5.55. The van der Waals surface area contributed by atoms with Gasteiger partial charge in [-0.15, -0.1) is 11.6 Å². The Morgan fingerprint density at radius 2 is 2.18 bits per heavy atom. The van der Waals surface area contributed by atoms with Gasteiger partial charge < -0.3 is 9.88 Å². The predicted octanol–water partition coefficient (Wildman–Crippen LogP) is 0.269. The summed E-state index contributed by atoms with van der Waals surface area (Å²) < 4.78 is 0. The molecule has 11 heavy (non-hydrogen) atoms. The number of alkyl halides is 1. The second-order valence-electron chi connectivity index (χ2n) is 2.95. The minimum absolute atomic E-state index is 0.00377. The van der Waals surface area contributed by atoms with Crippen LogP contribution in [0.15, 0.2) is 0 Å². The molecule has 0 amide bonds. The van der Waals surface area contributed by atoms with Gasteiger partial charge in [0.2, 0.25) is 0 Å². The maximum Gasteiger partial charge on any atom is 0.0917 e. The molecule has 2 nitrogen and oxygen atoms in total. The molecule has 0 aliphatic heterocycles. The van der Waals surface area contributed by atoms with Gasteiger partial charge in [0.05, 0.1) is 9.68 Å². The van der Waals surface area contributed by atoms with Crippen molar-refractivity contribution in [2.45, 2.75) is 12.5 Å². The van der Waals surface area contributed by atoms with Crippen molar-refractivity contribution in [1.29, 1.82) is 0 Å². The molecule has 0 aromatic rings. The van der Waals surface area contributed by atoms with E-state index in [1.165, 1.54) is 12.5 Å². The minimum Gasteiger partial charge on any atom is -0.341 e. The van der Waals surface area contributed by atoms with Crippen molar-refractivity contribution in [3.05, 3.63) is 0 Å². The lowest BCUT2D eigenvalue weighted by Gasteiger charge is -2.09. The number of nitrogens with zero attached hydrogens (tertiary/aromatic N) is 1. The van der Waals surface area contributed by atoms with Crippen LogP contribution >= 0.6 is 11.6 Å². The van der Waals surface area contributed by atoms with E-state index < -0.39 is 0 Å². The highest BCUT2D eigenvalue weighted by atomic mass is 35.5. The lowest BCUT2D eigenvalue weighted by molar-refractivity contribution is 0.414. The van der Waals surface area contributed by atoms with Gasteiger partial charge in [-0.1, -0.05) is 0 Å². The highest BCUT2D eigenvalue weighted by Crippen LogP contribution is 1.88. The Hall–Kier alpha value is 0.427. The fourth-order valence-electron chi connectivity index (χ4n) is 0.772. The zero-order chi connectivity index (χ0) is 8.53. The van der Waals surface area contributed by atoms with E-state index in [-0.39, 0.29) is 9.68 Å². The Morgan fingerprint density at radius 3 is 2.73 bits per heavy atom. The Balaban J connectivity index is 2.80. The molecule has 0 unspecified atom stereocenters. The SMILES string of the molecule is CN(C)CCN[SiH2]CCCCl. The van der Waals surface area contributed by atoms with Crippen molar-refractivity contribution in [1.82, 2.24) is 9.88 Å². The quantitative estimate of drug-likeness (QED) is 0.356. The average molecular weight is 195 g/mol. The molecule has 4 heteroatoms. The molecule has 0 aliphatic rings. The van der Waals surface area contributed by atoms with E-state index in [0.29, 0.717) is 0 Å². The molecule has 0 aromatic carbocycles. The molecule has 68 valence electrons. The van der Waals surface area contributed by atoms with Crippen LogP contribution in [0.1, 0.15) is 6.42 Å². The second-order valence-corrected chi connectivity index (χ2v) is 5.03. The lowest BCUT2D eigenvalue weighted by Crippen LogP contribution is -2.28. The highest BCUT2D eigenvalue weighted by Gasteiger charge is 1.90. The predicted molar refractivity (Wildman–Crippen MR) is 55.2 cm³/mol. The molecule has 0 heterocycles. The summed E-state index contributed by atoms with van der Waals surface area (Å²) in [4.78, 5) is 5.69. The fraction of sp³-hybridized carbons (Fsp3) is 1.00. The zero-order valence-electron chi connectivity index (χ0n) is 7.57. The minimum atomic E-state index is -0.00377. The maximum atomic E-state index is 5.55. The van der Waals surface area contributed by atoms with Crippen LogP contribution in [-0.2, 0) is 0 Å². The fourth-order valence-corrected chi connectivity index (χ4v) is 2.44. The monoisotopic (exact) mass is 194 g/mol. The van der Waals surface area contributed by atoms with Gasteiger partial charge in [0.25, 0.3) is 0 Å². The van der Waals surface area contributed by atoms with Crippen LogP contribution in [0.3, 0.4) is 0 Å². The van der Waals surface area contributed by atoms with E-state index in [9.17, 15) is 0 Å². The van der Waals surface area contributed by atoms with Gasteiger partial charge in [-0.25, -0.2) is 0 Å². The van der Waals surface area contributed by atoms with E-state index in [1.54, 1.807) is 0 Å². The first kappa shape index (κ1) is 11.4. The number of rotatable bonds is 7. The first-order chi connectivity index (χ1) is 5.27. The molecular weight excluding hydrogens is 176 g/mol. The number of hydrogen-bond acceptors (Lipinski definition) is 2. The molecule has 0 spiro atoms. The molecule has 0 aliphatic carbocycles. The molecule has 0 radical (unpaired) electrons. The molecular formula is C7H19ClN2Si. The van der Waals surface area contributed by atoms with Crippen LogP contribution in [0.4, 0.5) is 0 Å². The van der Waals surface area contributed by atoms with Crippen LogP contribution in [0.5, 0.6) is 0 Å². The topological polar surface area (TPSA) is 15.3 Å². The van der Waals surface area contributed by atoms with Crippen LogP contribution in [0, 0.1) is 0 Å². The Labute approximate surface area is 77.2 Å². The van der Waals surface area contributed by atoms with E-state index in [0.717, 1.165) is 19.0 Å². The summed E-state index contributed by atoms with van der Waals surface area (Å²) in [7, 11) is 4.19. The van der Waals surface area contributed by atoms with Crippen molar-refractivity contribution in [2.24, 2.45) is 0 Å². The van der Waals surface area contributed by atoms with Gasteiger partial charge >= 0.3 is 0 Å². The maximum absolute atomic E-state index is 5.55. The van der Waals surface area contributed by atoms with Gasteiger partial charge in [-0.2, -0.15) is 0 Å². The zero-order valence-corrected chi connectivity index (χ0v) is 9.74. The summed E-state index contributed by atoms with van der Waals surface area (Å²) in [5.41, 5.74) is 0. The van der Waals surface area contributed by atoms with Crippen LogP contribution in [0.2, 0.25) is 6.04 Å². The summed E-state index contributed by atoms with van der Waals surface area (Å²) in [5.74, 6) is 0.822. The van der Waals surface area contributed by atoms with Crippen LogP contribution < -0.4 is 4.98 Å². The Morgan fingerprint density at radius 1 is 1.45 bits per heavy atom. The average Bonchev–Trinajstić information content (AvgIpc) is 1.96. The first-order valence-electron chi connectivity index (χ1n) is 4.19. The Kier molecular flexibility index (Phi) is 8.85. The number of hydrogen-bond donors (Lipinski definition) is 1. The van der Waals surface area contributed by atoms with E-state index >= 15 is 0 Å². The van der Waals surface area contributed by atoms with E-state index in [2.05, 4.69) is 24.0 Å². The normalized spacial score (nSPS) is 12.0. The molecule has 0 bridgehead atoms. The van der Waals surface area contributed by atoms with Crippen molar-refractivity contribution >= 4 is 21.3 Å². The van der Waals surface area contributed by atoms with Gasteiger partial charge in [0.15, 0.2) is 0 Å². The third-order valence-corrected chi connectivity index (χ3v) is 3.30. The van der Waals surface area contributed by atoms with Crippen molar-refractivity contribution in [3.8, 4) is 0 Å².